The predicted octanol–water partition coefficient (Wildman–Crippen LogP) is 3.48. The van der Waals surface area contributed by atoms with E-state index in [1.54, 1.807) is 30.3 Å². The lowest BCUT2D eigenvalue weighted by Crippen LogP contribution is -2.12. The van der Waals surface area contributed by atoms with E-state index >= 15 is 0 Å². The predicted molar refractivity (Wildman–Crippen MR) is 83.7 cm³/mol. The van der Waals surface area contributed by atoms with Crippen LogP contribution >= 0.6 is 11.6 Å². The van der Waals surface area contributed by atoms with Crippen LogP contribution in [0.4, 0.5) is 5.69 Å². The largest absolute Gasteiger partial charge is 0.497 e. The van der Waals surface area contributed by atoms with Gasteiger partial charge in [0.05, 0.1) is 24.8 Å². The van der Waals surface area contributed by atoms with Crippen molar-refractivity contribution in [1.82, 2.24) is 0 Å². The second kappa shape index (κ2) is 6.83. The molecule has 5 nitrogen and oxygen atoms in total. The van der Waals surface area contributed by atoms with Crippen molar-refractivity contribution in [2.45, 2.75) is 0 Å². The average Bonchev–Trinajstić information content (AvgIpc) is 2.54. The molecule has 0 unspecified atom stereocenters. The van der Waals surface area contributed by atoms with Gasteiger partial charge in [0.2, 0.25) is 0 Å². The number of carbonyl (C=O) groups excluding carboxylic acids is 1. The molecule has 2 aromatic rings. The van der Waals surface area contributed by atoms with Crippen LogP contribution in [0, 0.1) is 11.3 Å². The van der Waals surface area contributed by atoms with E-state index in [-0.39, 0.29) is 10.9 Å². The number of nitrogens with one attached hydrogen (secondary N) is 1. The Morgan fingerprint density at radius 2 is 1.77 bits per heavy atom. The summed E-state index contributed by atoms with van der Waals surface area (Å²) in [6.45, 7) is 0. The molecule has 0 heterocycles. The zero-order chi connectivity index (χ0) is 16.1. The van der Waals surface area contributed by atoms with Crippen molar-refractivity contribution in [3.63, 3.8) is 0 Å². The van der Waals surface area contributed by atoms with Crippen molar-refractivity contribution in [2.24, 2.45) is 0 Å². The number of nitrogens with zero attached hydrogens (tertiary/aromatic N) is 1. The maximum atomic E-state index is 12.3. The quantitative estimate of drug-likeness (QED) is 0.937. The van der Waals surface area contributed by atoms with Gasteiger partial charge in [-0.1, -0.05) is 11.6 Å². The van der Waals surface area contributed by atoms with Crippen LogP contribution in [0.2, 0.25) is 5.02 Å². The lowest BCUT2D eigenvalue weighted by Gasteiger charge is -2.09. The molecule has 112 valence electrons. The van der Waals surface area contributed by atoms with Gasteiger partial charge in [0, 0.05) is 17.3 Å². The van der Waals surface area contributed by atoms with Crippen LogP contribution in [0.5, 0.6) is 11.5 Å². The minimum absolute atomic E-state index is 0.281. The summed E-state index contributed by atoms with van der Waals surface area (Å²) in [5.74, 6) is 0.697. The van der Waals surface area contributed by atoms with E-state index in [4.69, 9.17) is 26.3 Å². The summed E-state index contributed by atoms with van der Waals surface area (Å²) < 4.78 is 10.3. The first kappa shape index (κ1) is 15.7. The number of nitriles is 1. The van der Waals surface area contributed by atoms with Crippen LogP contribution in [0.25, 0.3) is 0 Å². The first-order valence-electron chi connectivity index (χ1n) is 6.31. The molecule has 6 heteroatoms. The van der Waals surface area contributed by atoms with Crippen LogP contribution in [0.1, 0.15) is 15.9 Å². The highest BCUT2D eigenvalue weighted by atomic mass is 35.5. The molecule has 0 spiro atoms. The molecular weight excluding hydrogens is 304 g/mol. The summed E-state index contributed by atoms with van der Waals surface area (Å²) in [5, 5.41) is 11.8. The van der Waals surface area contributed by atoms with E-state index in [1.807, 2.05) is 6.07 Å². The Hall–Kier alpha value is -2.71. The fraction of sp³-hybridized carbons (Fsp3) is 0.125. The molecule has 0 aliphatic heterocycles. The Morgan fingerprint density at radius 1 is 1.14 bits per heavy atom. The van der Waals surface area contributed by atoms with Gasteiger partial charge in [-0.2, -0.15) is 5.26 Å². The van der Waals surface area contributed by atoms with Crippen LogP contribution in [-0.2, 0) is 0 Å². The number of ether oxygens (including phenoxy) is 2. The molecule has 1 amide bonds. The van der Waals surface area contributed by atoms with Crippen molar-refractivity contribution in [3.8, 4) is 17.6 Å². The van der Waals surface area contributed by atoms with Gasteiger partial charge in [-0.15, -0.1) is 0 Å². The summed E-state index contributed by atoms with van der Waals surface area (Å²) in [7, 11) is 3.02. The smallest absolute Gasteiger partial charge is 0.255 e. The number of benzene rings is 2. The van der Waals surface area contributed by atoms with Crippen molar-refractivity contribution in [2.75, 3.05) is 19.5 Å². The molecule has 22 heavy (non-hydrogen) atoms. The highest BCUT2D eigenvalue weighted by molar-refractivity contribution is 6.32. The van der Waals surface area contributed by atoms with Crippen molar-refractivity contribution in [3.05, 3.63) is 52.5 Å². The summed E-state index contributed by atoms with van der Waals surface area (Å²) >= 11 is 5.94. The van der Waals surface area contributed by atoms with E-state index < -0.39 is 0 Å². The molecule has 0 saturated carbocycles. The molecule has 2 aromatic carbocycles. The fourth-order valence-electron chi connectivity index (χ4n) is 1.83. The zero-order valence-corrected chi connectivity index (χ0v) is 12.8. The Kier molecular flexibility index (Phi) is 4.87. The summed E-state index contributed by atoms with van der Waals surface area (Å²) in [6, 6.07) is 11.5. The number of anilines is 1. The average molecular weight is 317 g/mol. The number of hydrogen-bond acceptors (Lipinski definition) is 4. The van der Waals surface area contributed by atoms with Gasteiger partial charge in [0.1, 0.15) is 17.6 Å². The number of halogens is 1. The van der Waals surface area contributed by atoms with Gasteiger partial charge in [-0.05, 0) is 30.3 Å². The standard InChI is InChI=1S/C16H13ClN2O3/c1-21-13-5-11(6-14(8-13)22-2)16(20)19-12-4-3-10(9-18)15(17)7-12/h3-8H,1-2H3,(H,19,20). The van der Waals surface area contributed by atoms with Gasteiger partial charge < -0.3 is 14.8 Å². The lowest BCUT2D eigenvalue weighted by molar-refractivity contribution is 0.102. The van der Waals surface area contributed by atoms with Crippen LogP contribution < -0.4 is 14.8 Å². The third kappa shape index (κ3) is 3.48. The van der Waals surface area contributed by atoms with E-state index in [0.717, 1.165) is 0 Å². The van der Waals surface area contributed by atoms with Gasteiger partial charge in [-0.3, -0.25) is 4.79 Å². The first-order chi connectivity index (χ1) is 10.6. The van der Waals surface area contributed by atoms with E-state index in [1.165, 1.54) is 20.3 Å². The van der Waals surface area contributed by atoms with Crippen LogP contribution in [-0.4, -0.2) is 20.1 Å². The van der Waals surface area contributed by atoms with Crippen molar-refractivity contribution < 1.29 is 14.3 Å². The molecule has 0 aliphatic rings. The molecular formula is C16H13ClN2O3. The van der Waals surface area contributed by atoms with Crippen molar-refractivity contribution >= 4 is 23.2 Å². The maximum Gasteiger partial charge on any atom is 0.255 e. The third-order valence-electron chi connectivity index (χ3n) is 2.96. The van der Waals surface area contributed by atoms with Gasteiger partial charge in [0.15, 0.2) is 0 Å². The summed E-state index contributed by atoms with van der Waals surface area (Å²) in [6.07, 6.45) is 0. The van der Waals surface area contributed by atoms with Gasteiger partial charge in [-0.25, -0.2) is 0 Å². The molecule has 0 aliphatic carbocycles. The number of rotatable bonds is 4. The minimum atomic E-state index is -0.335. The minimum Gasteiger partial charge on any atom is -0.497 e. The maximum absolute atomic E-state index is 12.3. The SMILES string of the molecule is COc1cc(OC)cc(C(=O)Nc2ccc(C#N)c(Cl)c2)c1. The monoisotopic (exact) mass is 316 g/mol. The van der Waals surface area contributed by atoms with Gasteiger partial charge in [0.25, 0.3) is 5.91 Å². The normalized spacial score (nSPS) is 9.73. The molecule has 0 fully saturated rings. The Labute approximate surface area is 133 Å². The Morgan fingerprint density at radius 3 is 2.27 bits per heavy atom. The van der Waals surface area contributed by atoms with Crippen molar-refractivity contribution in [1.29, 1.82) is 5.26 Å². The van der Waals surface area contributed by atoms with E-state index in [0.29, 0.717) is 28.3 Å². The summed E-state index contributed by atoms with van der Waals surface area (Å²) in [4.78, 5) is 12.3. The Bertz CT molecular complexity index is 731. The fourth-order valence-corrected chi connectivity index (χ4v) is 2.05. The van der Waals surface area contributed by atoms with E-state index in [9.17, 15) is 4.79 Å². The molecule has 0 bridgehead atoms. The molecule has 0 aromatic heterocycles. The van der Waals surface area contributed by atoms with Crippen LogP contribution in [0.15, 0.2) is 36.4 Å². The first-order valence-corrected chi connectivity index (χ1v) is 6.69. The third-order valence-corrected chi connectivity index (χ3v) is 3.27. The van der Waals surface area contributed by atoms with Gasteiger partial charge >= 0.3 is 0 Å². The number of methoxy groups -OCH3 is 2. The Balaban J connectivity index is 2.25. The zero-order valence-electron chi connectivity index (χ0n) is 12.0. The second-order valence-electron chi connectivity index (χ2n) is 4.36. The number of hydrogen-bond donors (Lipinski definition) is 1. The number of carbonyl (C=O) groups is 1. The molecule has 0 radical (unpaired) electrons. The topological polar surface area (TPSA) is 71.3 Å². The van der Waals surface area contributed by atoms with Crippen LogP contribution in [0.3, 0.4) is 0 Å². The van der Waals surface area contributed by atoms with E-state index in [2.05, 4.69) is 5.32 Å². The second-order valence-corrected chi connectivity index (χ2v) is 4.77. The molecule has 1 N–H and O–H groups in total. The lowest BCUT2D eigenvalue weighted by atomic mass is 10.1. The summed E-state index contributed by atoms with van der Waals surface area (Å²) in [5.41, 5.74) is 1.23. The highest BCUT2D eigenvalue weighted by Gasteiger charge is 2.11. The molecule has 0 saturated heterocycles. The molecule has 0 atom stereocenters. The molecule has 2 rings (SSSR count). The highest BCUT2D eigenvalue weighted by Crippen LogP contribution is 2.24. The number of amides is 1.